The second-order valence-corrected chi connectivity index (χ2v) is 4.92. The summed E-state index contributed by atoms with van der Waals surface area (Å²) >= 11 is 5.12. The third-order valence-corrected chi connectivity index (χ3v) is 3.36. The van der Waals surface area contributed by atoms with Gasteiger partial charge in [-0.3, -0.25) is 0 Å². The Morgan fingerprint density at radius 3 is 2.62 bits per heavy atom. The van der Waals surface area contributed by atoms with Crippen molar-refractivity contribution in [2.75, 3.05) is 7.05 Å². The second-order valence-electron chi connectivity index (χ2n) is 4.51. The molecule has 1 saturated carbocycles. The van der Waals surface area contributed by atoms with E-state index in [1.54, 1.807) is 0 Å². The molecule has 1 unspecified atom stereocenters. The summed E-state index contributed by atoms with van der Waals surface area (Å²) in [4.78, 5) is 0. The topological polar surface area (TPSA) is 24.1 Å². The summed E-state index contributed by atoms with van der Waals surface area (Å²) in [5.74, 6) is 0. The smallest absolute Gasteiger partial charge is 0.166 e. The van der Waals surface area contributed by atoms with Gasteiger partial charge in [0.05, 0.1) is 0 Å². The van der Waals surface area contributed by atoms with E-state index in [0.717, 1.165) is 5.11 Å². The minimum absolute atomic E-state index is 0.388. The van der Waals surface area contributed by atoms with Crippen LogP contribution in [0.3, 0.4) is 0 Å². The molecule has 3 heteroatoms. The second kappa shape index (κ2) is 4.27. The van der Waals surface area contributed by atoms with E-state index in [1.165, 1.54) is 25.7 Å². The molecule has 0 aliphatic heterocycles. The average molecular weight is 200 g/mol. The first-order valence-electron chi connectivity index (χ1n) is 5.04. The molecule has 2 N–H and O–H groups in total. The van der Waals surface area contributed by atoms with Crippen LogP contribution in [0, 0.1) is 5.41 Å². The summed E-state index contributed by atoms with van der Waals surface area (Å²) in [5.41, 5.74) is 0.388. The van der Waals surface area contributed by atoms with Gasteiger partial charge in [-0.05, 0) is 30.5 Å². The Morgan fingerprint density at radius 1 is 1.38 bits per heavy atom. The normalized spacial score (nSPS) is 26.5. The summed E-state index contributed by atoms with van der Waals surface area (Å²) in [5, 5.41) is 7.13. The lowest BCUT2D eigenvalue weighted by Gasteiger charge is -2.39. The van der Waals surface area contributed by atoms with E-state index in [9.17, 15) is 0 Å². The summed E-state index contributed by atoms with van der Waals surface area (Å²) in [7, 11) is 1.87. The Balaban J connectivity index is 2.51. The average Bonchev–Trinajstić information content (AvgIpc) is 2.08. The quantitative estimate of drug-likeness (QED) is 0.634. The lowest BCUT2D eigenvalue weighted by molar-refractivity contribution is 0.186. The molecule has 13 heavy (non-hydrogen) atoms. The van der Waals surface area contributed by atoms with Crippen molar-refractivity contribution in [3.63, 3.8) is 0 Å². The van der Waals surface area contributed by atoms with Crippen molar-refractivity contribution < 1.29 is 0 Å². The first-order valence-corrected chi connectivity index (χ1v) is 5.45. The fourth-order valence-corrected chi connectivity index (χ4v) is 2.13. The molecule has 0 spiro atoms. The SMILES string of the molecule is CNC(=S)NC1CCCCC1(C)C. The highest BCUT2D eigenvalue weighted by Crippen LogP contribution is 2.35. The molecule has 0 amide bonds. The maximum Gasteiger partial charge on any atom is 0.166 e. The lowest BCUT2D eigenvalue weighted by atomic mass is 9.73. The van der Waals surface area contributed by atoms with E-state index >= 15 is 0 Å². The van der Waals surface area contributed by atoms with Crippen molar-refractivity contribution in [2.24, 2.45) is 5.41 Å². The van der Waals surface area contributed by atoms with Crippen LogP contribution in [0.1, 0.15) is 39.5 Å². The summed E-state index contributed by atoms with van der Waals surface area (Å²) in [6, 6.07) is 0.543. The van der Waals surface area contributed by atoms with Crippen molar-refractivity contribution in [3.05, 3.63) is 0 Å². The maximum atomic E-state index is 5.12. The van der Waals surface area contributed by atoms with Gasteiger partial charge in [-0.1, -0.05) is 26.7 Å². The predicted octanol–water partition coefficient (Wildman–Crippen LogP) is 2.05. The number of thiocarbonyl (C=S) groups is 1. The van der Waals surface area contributed by atoms with Crippen LogP contribution in [-0.2, 0) is 0 Å². The molecule has 1 aliphatic carbocycles. The van der Waals surface area contributed by atoms with Gasteiger partial charge in [0, 0.05) is 13.1 Å². The standard InChI is InChI=1S/C10H20N2S/c1-10(2)7-5-4-6-8(10)12-9(13)11-3/h8H,4-7H2,1-3H3,(H2,11,12,13). The van der Waals surface area contributed by atoms with Gasteiger partial charge in [0.15, 0.2) is 5.11 Å². The highest BCUT2D eigenvalue weighted by molar-refractivity contribution is 7.80. The van der Waals surface area contributed by atoms with Crippen molar-refractivity contribution in [2.45, 2.75) is 45.6 Å². The van der Waals surface area contributed by atoms with Crippen molar-refractivity contribution >= 4 is 17.3 Å². The molecule has 2 nitrogen and oxygen atoms in total. The minimum Gasteiger partial charge on any atom is -0.366 e. The summed E-state index contributed by atoms with van der Waals surface area (Å²) in [6.45, 7) is 4.64. The fraction of sp³-hybridized carbons (Fsp3) is 0.900. The number of nitrogens with one attached hydrogen (secondary N) is 2. The van der Waals surface area contributed by atoms with Crippen molar-refractivity contribution in [1.29, 1.82) is 0 Å². The van der Waals surface area contributed by atoms with Crippen LogP contribution in [0.15, 0.2) is 0 Å². The molecule has 76 valence electrons. The Labute approximate surface area is 86.5 Å². The van der Waals surface area contributed by atoms with Gasteiger partial charge < -0.3 is 10.6 Å². The summed E-state index contributed by atoms with van der Waals surface area (Å²) < 4.78 is 0. The highest BCUT2D eigenvalue weighted by atomic mass is 32.1. The Morgan fingerprint density at radius 2 is 2.08 bits per heavy atom. The Kier molecular flexibility index (Phi) is 3.54. The zero-order chi connectivity index (χ0) is 9.90. The van der Waals surface area contributed by atoms with E-state index in [4.69, 9.17) is 12.2 Å². The lowest BCUT2D eigenvalue weighted by Crippen LogP contribution is -2.49. The molecule has 0 aromatic carbocycles. The van der Waals surface area contributed by atoms with Crippen molar-refractivity contribution in [3.8, 4) is 0 Å². The fourth-order valence-electron chi connectivity index (χ4n) is 1.99. The predicted molar refractivity (Wildman–Crippen MR) is 60.8 cm³/mol. The third-order valence-electron chi connectivity index (χ3n) is 3.04. The molecule has 0 radical (unpaired) electrons. The van der Waals surface area contributed by atoms with E-state index in [1.807, 2.05) is 7.05 Å². The van der Waals surface area contributed by atoms with Gasteiger partial charge in [-0.2, -0.15) is 0 Å². The largest absolute Gasteiger partial charge is 0.366 e. The van der Waals surface area contributed by atoms with Crippen LogP contribution >= 0.6 is 12.2 Å². The third kappa shape index (κ3) is 2.83. The first-order chi connectivity index (χ1) is 6.06. The van der Waals surface area contributed by atoms with Crippen molar-refractivity contribution in [1.82, 2.24) is 10.6 Å². The maximum absolute atomic E-state index is 5.12. The molecular weight excluding hydrogens is 180 g/mol. The molecule has 1 aliphatic rings. The van der Waals surface area contributed by atoms with E-state index in [2.05, 4.69) is 24.5 Å². The Hall–Kier alpha value is -0.310. The molecule has 1 atom stereocenters. The van der Waals surface area contributed by atoms with E-state index in [0.29, 0.717) is 11.5 Å². The molecule has 0 saturated heterocycles. The van der Waals surface area contributed by atoms with Gasteiger partial charge in [0.25, 0.3) is 0 Å². The first kappa shape index (κ1) is 10.8. The van der Waals surface area contributed by atoms with Crippen LogP contribution in [-0.4, -0.2) is 18.2 Å². The van der Waals surface area contributed by atoms with Crippen LogP contribution < -0.4 is 10.6 Å². The van der Waals surface area contributed by atoms with E-state index in [-0.39, 0.29) is 0 Å². The Bertz CT molecular complexity index is 189. The molecule has 0 bridgehead atoms. The van der Waals surface area contributed by atoms with Crippen LogP contribution in [0.5, 0.6) is 0 Å². The molecule has 0 aromatic heterocycles. The highest BCUT2D eigenvalue weighted by Gasteiger charge is 2.32. The van der Waals surface area contributed by atoms with Crippen LogP contribution in [0.4, 0.5) is 0 Å². The number of hydrogen-bond acceptors (Lipinski definition) is 1. The molecule has 0 aromatic rings. The molecule has 1 rings (SSSR count). The number of hydrogen-bond donors (Lipinski definition) is 2. The van der Waals surface area contributed by atoms with Gasteiger partial charge in [-0.25, -0.2) is 0 Å². The molecular formula is C10H20N2S. The zero-order valence-electron chi connectivity index (χ0n) is 8.81. The molecule has 1 fully saturated rings. The number of rotatable bonds is 1. The van der Waals surface area contributed by atoms with Gasteiger partial charge in [-0.15, -0.1) is 0 Å². The van der Waals surface area contributed by atoms with Gasteiger partial charge >= 0.3 is 0 Å². The summed E-state index contributed by atoms with van der Waals surface area (Å²) in [6.07, 6.45) is 5.23. The zero-order valence-corrected chi connectivity index (χ0v) is 9.63. The molecule has 0 heterocycles. The van der Waals surface area contributed by atoms with Crippen LogP contribution in [0.25, 0.3) is 0 Å². The van der Waals surface area contributed by atoms with E-state index < -0.39 is 0 Å². The van der Waals surface area contributed by atoms with Gasteiger partial charge in [0.1, 0.15) is 0 Å². The minimum atomic E-state index is 0.388. The van der Waals surface area contributed by atoms with Gasteiger partial charge in [0.2, 0.25) is 0 Å². The van der Waals surface area contributed by atoms with Crippen LogP contribution in [0.2, 0.25) is 0 Å². The monoisotopic (exact) mass is 200 g/mol.